The van der Waals surface area contributed by atoms with Gasteiger partial charge in [0.25, 0.3) is 0 Å². The van der Waals surface area contributed by atoms with Crippen molar-refractivity contribution in [2.75, 3.05) is 0 Å². The largest absolute Gasteiger partial charge is 0.483 e. The Morgan fingerprint density at radius 3 is 2.85 bits per heavy atom. The standard InChI is InChI=1S/C14H15FN2O3/c1-3-9-7-10(17(2)16-9)8-20-13-11(14(18)19)5-4-6-12(13)15/h4-7H,3,8H2,1-2H3,(H,18,19). The van der Waals surface area contributed by atoms with E-state index >= 15 is 0 Å². The zero-order valence-electron chi connectivity index (χ0n) is 11.3. The molecule has 0 bridgehead atoms. The molecule has 0 aliphatic carbocycles. The molecular formula is C14H15FN2O3. The van der Waals surface area contributed by atoms with E-state index in [0.29, 0.717) is 0 Å². The van der Waals surface area contributed by atoms with E-state index in [4.69, 9.17) is 9.84 Å². The van der Waals surface area contributed by atoms with Crippen LogP contribution in [-0.4, -0.2) is 20.9 Å². The van der Waals surface area contributed by atoms with Gasteiger partial charge >= 0.3 is 5.97 Å². The highest BCUT2D eigenvalue weighted by Crippen LogP contribution is 2.23. The minimum Gasteiger partial charge on any atom is -0.483 e. The second-order valence-electron chi connectivity index (χ2n) is 4.31. The number of aryl methyl sites for hydroxylation is 2. The molecule has 0 atom stereocenters. The predicted molar refractivity (Wildman–Crippen MR) is 70.3 cm³/mol. The molecule has 0 radical (unpaired) electrons. The van der Waals surface area contributed by atoms with Gasteiger partial charge in [-0.2, -0.15) is 5.10 Å². The Hall–Kier alpha value is -2.37. The third-order valence-corrected chi connectivity index (χ3v) is 2.95. The number of para-hydroxylation sites is 1. The average molecular weight is 278 g/mol. The topological polar surface area (TPSA) is 64.3 Å². The Balaban J connectivity index is 2.22. The number of rotatable bonds is 5. The fourth-order valence-electron chi connectivity index (χ4n) is 1.85. The maximum Gasteiger partial charge on any atom is 0.339 e. The Morgan fingerprint density at radius 1 is 1.50 bits per heavy atom. The van der Waals surface area contributed by atoms with Crippen LogP contribution >= 0.6 is 0 Å². The minimum absolute atomic E-state index is 0.0602. The summed E-state index contributed by atoms with van der Waals surface area (Å²) in [5.74, 6) is -2.17. The monoisotopic (exact) mass is 278 g/mol. The molecular weight excluding hydrogens is 263 g/mol. The fraction of sp³-hybridized carbons (Fsp3) is 0.286. The highest BCUT2D eigenvalue weighted by molar-refractivity contribution is 5.90. The summed E-state index contributed by atoms with van der Waals surface area (Å²) in [6.07, 6.45) is 0.786. The van der Waals surface area contributed by atoms with Crippen molar-refractivity contribution in [1.82, 2.24) is 9.78 Å². The molecule has 0 amide bonds. The number of hydrogen-bond acceptors (Lipinski definition) is 3. The van der Waals surface area contributed by atoms with Crippen molar-refractivity contribution in [3.63, 3.8) is 0 Å². The van der Waals surface area contributed by atoms with Crippen molar-refractivity contribution in [3.8, 4) is 5.75 Å². The maximum absolute atomic E-state index is 13.7. The van der Waals surface area contributed by atoms with Gasteiger partial charge in [0.2, 0.25) is 0 Å². The molecule has 5 nitrogen and oxygen atoms in total. The Morgan fingerprint density at radius 2 is 2.25 bits per heavy atom. The normalized spacial score (nSPS) is 10.6. The first-order valence-corrected chi connectivity index (χ1v) is 6.19. The van der Waals surface area contributed by atoms with Crippen LogP contribution in [-0.2, 0) is 20.1 Å². The first kappa shape index (κ1) is 14.0. The van der Waals surface area contributed by atoms with Crippen LogP contribution in [0.4, 0.5) is 4.39 Å². The molecule has 0 aliphatic heterocycles. The van der Waals surface area contributed by atoms with Gasteiger partial charge < -0.3 is 9.84 Å². The van der Waals surface area contributed by atoms with Gasteiger partial charge in [-0.1, -0.05) is 13.0 Å². The Bertz CT molecular complexity index is 637. The summed E-state index contributed by atoms with van der Waals surface area (Å²) in [4.78, 5) is 11.0. The van der Waals surface area contributed by atoms with Crippen LogP contribution in [0.15, 0.2) is 24.3 Å². The number of benzene rings is 1. The van der Waals surface area contributed by atoms with E-state index in [9.17, 15) is 9.18 Å². The van der Waals surface area contributed by atoms with Crippen LogP contribution in [0.1, 0.15) is 28.7 Å². The number of aromatic carboxylic acids is 1. The SMILES string of the molecule is CCc1cc(COc2c(F)cccc2C(=O)O)n(C)n1. The van der Waals surface area contributed by atoms with E-state index in [1.165, 1.54) is 18.2 Å². The number of carbonyl (C=O) groups is 1. The lowest BCUT2D eigenvalue weighted by Crippen LogP contribution is -2.08. The van der Waals surface area contributed by atoms with Gasteiger partial charge in [-0.25, -0.2) is 9.18 Å². The molecule has 0 unspecified atom stereocenters. The first-order chi connectivity index (χ1) is 9.52. The van der Waals surface area contributed by atoms with Crippen LogP contribution in [0.5, 0.6) is 5.75 Å². The third-order valence-electron chi connectivity index (χ3n) is 2.95. The number of halogens is 1. The zero-order valence-corrected chi connectivity index (χ0v) is 11.3. The van der Waals surface area contributed by atoms with Crippen LogP contribution in [0.3, 0.4) is 0 Å². The molecule has 1 aromatic carbocycles. The number of carboxylic acids is 1. The van der Waals surface area contributed by atoms with Gasteiger partial charge in [-0.05, 0) is 24.6 Å². The zero-order chi connectivity index (χ0) is 14.7. The van der Waals surface area contributed by atoms with E-state index in [2.05, 4.69) is 5.10 Å². The molecule has 106 valence electrons. The van der Waals surface area contributed by atoms with Gasteiger partial charge in [0.15, 0.2) is 11.6 Å². The summed E-state index contributed by atoms with van der Waals surface area (Å²) < 4.78 is 20.7. The van der Waals surface area contributed by atoms with Crippen LogP contribution in [0, 0.1) is 5.82 Å². The van der Waals surface area contributed by atoms with Crippen molar-refractivity contribution in [1.29, 1.82) is 0 Å². The van der Waals surface area contributed by atoms with Crippen molar-refractivity contribution in [2.45, 2.75) is 20.0 Å². The highest BCUT2D eigenvalue weighted by atomic mass is 19.1. The molecule has 6 heteroatoms. The quantitative estimate of drug-likeness (QED) is 0.912. The summed E-state index contributed by atoms with van der Waals surface area (Å²) in [6, 6.07) is 5.66. The number of carboxylic acid groups (broad SMARTS) is 1. The van der Waals surface area contributed by atoms with E-state index in [0.717, 1.165) is 17.8 Å². The molecule has 2 rings (SSSR count). The Kier molecular flexibility index (Phi) is 4.02. The van der Waals surface area contributed by atoms with Gasteiger partial charge in [0.1, 0.15) is 12.2 Å². The van der Waals surface area contributed by atoms with Gasteiger partial charge in [0.05, 0.1) is 11.4 Å². The second-order valence-corrected chi connectivity index (χ2v) is 4.31. The van der Waals surface area contributed by atoms with Gasteiger partial charge in [-0.15, -0.1) is 0 Å². The number of nitrogens with zero attached hydrogens (tertiary/aromatic N) is 2. The second kappa shape index (κ2) is 5.73. The fourth-order valence-corrected chi connectivity index (χ4v) is 1.85. The number of ether oxygens (including phenoxy) is 1. The molecule has 0 fully saturated rings. The van der Waals surface area contributed by atoms with Gasteiger partial charge in [-0.3, -0.25) is 4.68 Å². The van der Waals surface area contributed by atoms with Crippen LogP contribution < -0.4 is 4.74 Å². The van der Waals surface area contributed by atoms with Crippen molar-refractivity contribution < 1.29 is 19.0 Å². The average Bonchev–Trinajstić information content (AvgIpc) is 2.77. The summed E-state index contributed by atoms with van der Waals surface area (Å²) in [5, 5.41) is 13.3. The van der Waals surface area contributed by atoms with Crippen molar-refractivity contribution in [3.05, 3.63) is 47.0 Å². The van der Waals surface area contributed by atoms with Gasteiger partial charge in [0, 0.05) is 7.05 Å². The minimum atomic E-state index is -1.22. The van der Waals surface area contributed by atoms with E-state index in [-0.39, 0.29) is 17.9 Å². The summed E-state index contributed by atoms with van der Waals surface area (Å²) in [7, 11) is 1.76. The van der Waals surface area contributed by atoms with Crippen molar-refractivity contribution >= 4 is 5.97 Å². The highest BCUT2D eigenvalue weighted by Gasteiger charge is 2.16. The molecule has 0 aliphatic rings. The van der Waals surface area contributed by atoms with Crippen LogP contribution in [0.25, 0.3) is 0 Å². The van der Waals surface area contributed by atoms with E-state index in [1.54, 1.807) is 11.7 Å². The lowest BCUT2D eigenvalue weighted by atomic mass is 10.2. The molecule has 1 N–H and O–H groups in total. The number of aromatic nitrogens is 2. The molecule has 1 heterocycles. The first-order valence-electron chi connectivity index (χ1n) is 6.19. The molecule has 20 heavy (non-hydrogen) atoms. The molecule has 2 aromatic rings. The predicted octanol–water partition coefficient (Wildman–Crippen LogP) is 2.40. The molecule has 0 spiro atoms. The van der Waals surface area contributed by atoms with Crippen LogP contribution in [0.2, 0.25) is 0 Å². The summed E-state index contributed by atoms with van der Waals surface area (Å²) >= 11 is 0. The maximum atomic E-state index is 13.7. The summed E-state index contributed by atoms with van der Waals surface area (Å²) in [6.45, 7) is 2.04. The Labute approximate surface area is 115 Å². The van der Waals surface area contributed by atoms with E-state index in [1.807, 2.05) is 13.0 Å². The lowest BCUT2D eigenvalue weighted by molar-refractivity contribution is 0.0690. The van der Waals surface area contributed by atoms with E-state index < -0.39 is 11.8 Å². The summed E-state index contributed by atoms with van der Waals surface area (Å²) in [5.41, 5.74) is 1.46. The third kappa shape index (κ3) is 2.79. The van der Waals surface area contributed by atoms with Crippen molar-refractivity contribution in [2.24, 2.45) is 7.05 Å². The molecule has 0 saturated heterocycles. The smallest absolute Gasteiger partial charge is 0.339 e. The lowest BCUT2D eigenvalue weighted by Gasteiger charge is -2.10. The molecule has 1 aromatic heterocycles. The number of hydrogen-bond donors (Lipinski definition) is 1. The molecule has 0 saturated carbocycles.